The van der Waals surface area contributed by atoms with Gasteiger partial charge in [0.25, 0.3) is 0 Å². The summed E-state index contributed by atoms with van der Waals surface area (Å²) in [6.07, 6.45) is 1.63. The van der Waals surface area contributed by atoms with Crippen molar-refractivity contribution in [1.29, 1.82) is 0 Å². The SMILES string of the molecule is CC(=Cc1ccc(OCc2ccccc2)cc1)C(=O)O.[LiH]. The molecule has 2 rings (SSSR count). The Morgan fingerprint density at radius 2 is 1.71 bits per heavy atom. The molecule has 0 spiro atoms. The number of carboxylic acid groups (broad SMARTS) is 1. The van der Waals surface area contributed by atoms with E-state index in [1.165, 1.54) is 0 Å². The van der Waals surface area contributed by atoms with E-state index in [0.717, 1.165) is 16.9 Å². The number of aliphatic carboxylic acids is 1. The predicted molar refractivity (Wildman–Crippen MR) is 85.7 cm³/mol. The van der Waals surface area contributed by atoms with E-state index in [4.69, 9.17) is 9.84 Å². The van der Waals surface area contributed by atoms with Crippen LogP contribution in [-0.4, -0.2) is 29.9 Å². The van der Waals surface area contributed by atoms with Gasteiger partial charge in [-0.25, -0.2) is 4.79 Å². The van der Waals surface area contributed by atoms with Crippen LogP contribution in [0, 0.1) is 0 Å². The first-order valence-corrected chi connectivity index (χ1v) is 6.33. The molecular weight excluding hydrogens is 259 g/mol. The molecule has 0 unspecified atom stereocenters. The van der Waals surface area contributed by atoms with Crippen molar-refractivity contribution in [3.63, 3.8) is 0 Å². The Hall–Kier alpha value is -1.95. The zero-order valence-corrected chi connectivity index (χ0v) is 11.2. The Morgan fingerprint density at radius 3 is 2.29 bits per heavy atom. The standard InChI is InChI=1S/C17H16O3.Li.H/c1-13(17(18)19)11-14-7-9-16(10-8-14)20-12-15-5-3-2-4-6-15;;/h2-11H,12H2,1H3,(H,18,19);;. The number of ether oxygens (including phenoxy) is 1. The molecule has 0 saturated heterocycles. The fourth-order valence-corrected chi connectivity index (χ4v) is 1.71. The topological polar surface area (TPSA) is 46.5 Å². The van der Waals surface area contributed by atoms with Crippen LogP contribution >= 0.6 is 0 Å². The van der Waals surface area contributed by atoms with Gasteiger partial charge in [0, 0.05) is 5.57 Å². The van der Waals surface area contributed by atoms with Gasteiger partial charge in [-0.1, -0.05) is 42.5 Å². The second kappa shape index (κ2) is 8.36. The summed E-state index contributed by atoms with van der Waals surface area (Å²) in [4.78, 5) is 10.7. The first-order valence-electron chi connectivity index (χ1n) is 6.33. The molecule has 0 aliphatic rings. The minimum atomic E-state index is -0.908. The zero-order valence-electron chi connectivity index (χ0n) is 11.2. The van der Waals surface area contributed by atoms with E-state index in [1.807, 2.05) is 54.6 Å². The predicted octanol–water partition coefficient (Wildman–Crippen LogP) is 3.11. The molecule has 1 N–H and O–H groups in total. The summed E-state index contributed by atoms with van der Waals surface area (Å²) in [6, 6.07) is 17.3. The molecule has 0 atom stereocenters. The van der Waals surface area contributed by atoms with E-state index in [0.29, 0.717) is 12.2 Å². The van der Waals surface area contributed by atoms with Crippen LogP contribution < -0.4 is 4.74 Å². The van der Waals surface area contributed by atoms with Crippen molar-refractivity contribution in [2.24, 2.45) is 0 Å². The number of rotatable bonds is 5. The summed E-state index contributed by atoms with van der Waals surface area (Å²) in [6.45, 7) is 2.09. The molecule has 0 radical (unpaired) electrons. The molecule has 0 aliphatic heterocycles. The molecular formula is C17H17LiO3. The van der Waals surface area contributed by atoms with Gasteiger partial charge in [0.1, 0.15) is 12.4 Å². The Kier molecular flexibility index (Phi) is 6.81. The van der Waals surface area contributed by atoms with Gasteiger partial charge in [0.2, 0.25) is 0 Å². The van der Waals surface area contributed by atoms with Crippen molar-refractivity contribution < 1.29 is 14.6 Å². The third-order valence-corrected chi connectivity index (χ3v) is 2.85. The second-order valence-electron chi connectivity index (χ2n) is 4.48. The van der Waals surface area contributed by atoms with Crippen molar-refractivity contribution in [2.75, 3.05) is 0 Å². The van der Waals surface area contributed by atoms with Gasteiger partial charge >= 0.3 is 24.8 Å². The van der Waals surface area contributed by atoms with Crippen LogP contribution in [0.25, 0.3) is 6.08 Å². The Morgan fingerprint density at radius 1 is 1.10 bits per heavy atom. The second-order valence-corrected chi connectivity index (χ2v) is 4.48. The fourth-order valence-electron chi connectivity index (χ4n) is 1.71. The van der Waals surface area contributed by atoms with Gasteiger partial charge in [-0.15, -0.1) is 0 Å². The van der Waals surface area contributed by atoms with Crippen LogP contribution in [0.5, 0.6) is 5.75 Å². The first-order chi connectivity index (χ1) is 9.65. The summed E-state index contributed by atoms with van der Waals surface area (Å²) < 4.78 is 5.66. The van der Waals surface area contributed by atoms with E-state index >= 15 is 0 Å². The Labute approximate surface area is 136 Å². The van der Waals surface area contributed by atoms with Crippen molar-refractivity contribution in [2.45, 2.75) is 13.5 Å². The van der Waals surface area contributed by atoms with Crippen molar-refractivity contribution in [3.8, 4) is 5.75 Å². The van der Waals surface area contributed by atoms with Crippen molar-refractivity contribution in [3.05, 3.63) is 71.3 Å². The molecule has 0 aliphatic carbocycles. The third-order valence-electron chi connectivity index (χ3n) is 2.85. The number of benzene rings is 2. The number of hydrogen-bond acceptors (Lipinski definition) is 2. The van der Waals surface area contributed by atoms with E-state index in [9.17, 15) is 4.79 Å². The van der Waals surface area contributed by atoms with Crippen LogP contribution in [0.1, 0.15) is 18.1 Å². The van der Waals surface area contributed by atoms with Crippen LogP contribution in [-0.2, 0) is 11.4 Å². The monoisotopic (exact) mass is 276 g/mol. The maximum absolute atomic E-state index is 10.7. The number of hydrogen-bond donors (Lipinski definition) is 1. The van der Waals surface area contributed by atoms with E-state index < -0.39 is 5.97 Å². The molecule has 0 heterocycles. The van der Waals surface area contributed by atoms with E-state index in [2.05, 4.69) is 0 Å². The van der Waals surface area contributed by atoms with Crippen molar-refractivity contribution >= 4 is 30.9 Å². The van der Waals surface area contributed by atoms with Gasteiger partial charge in [-0.2, -0.15) is 0 Å². The molecule has 0 fully saturated rings. The van der Waals surface area contributed by atoms with Gasteiger partial charge in [0.15, 0.2) is 0 Å². The third kappa shape index (κ3) is 5.51. The quantitative estimate of drug-likeness (QED) is 0.674. The zero-order chi connectivity index (χ0) is 14.4. The molecule has 0 bridgehead atoms. The summed E-state index contributed by atoms with van der Waals surface area (Å²) in [5.41, 5.74) is 2.26. The summed E-state index contributed by atoms with van der Waals surface area (Å²) in [5.74, 6) is -0.145. The van der Waals surface area contributed by atoms with Gasteiger partial charge in [-0.3, -0.25) is 0 Å². The Balaban J connectivity index is 0.00000220. The summed E-state index contributed by atoms with van der Waals surface area (Å²) in [5, 5.41) is 8.82. The van der Waals surface area contributed by atoms with Gasteiger partial charge < -0.3 is 9.84 Å². The average molecular weight is 276 g/mol. The average Bonchev–Trinajstić information content (AvgIpc) is 2.47. The summed E-state index contributed by atoms with van der Waals surface area (Å²) >= 11 is 0. The Bertz CT molecular complexity index is 604. The van der Waals surface area contributed by atoms with Crippen LogP contribution in [0.15, 0.2) is 60.2 Å². The molecule has 104 valence electrons. The molecule has 3 nitrogen and oxygen atoms in total. The minimum absolute atomic E-state index is 0. The number of carboxylic acids is 1. The first kappa shape index (κ1) is 17.1. The van der Waals surface area contributed by atoms with E-state index in [1.54, 1.807) is 13.0 Å². The molecule has 0 saturated carbocycles. The molecule has 21 heavy (non-hydrogen) atoms. The molecule has 2 aromatic rings. The number of carbonyl (C=O) groups is 1. The molecule has 4 heteroatoms. The van der Waals surface area contributed by atoms with Gasteiger partial charge in [-0.05, 0) is 36.3 Å². The van der Waals surface area contributed by atoms with E-state index in [-0.39, 0.29) is 18.9 Å². The fraction of sp³-hybridized carbons (Fsp3) is 0.118. The molecule has 0 aromatic heterocycles. The normalized spacial score (nSPS) is 10.6. The van der Waals surface area contributed by atoms with Crippen LogP contribution in [0.2, 0.25) is 0 Å². The maximum atomic E-state index is 10.7. The molecule has 2 aromatic carbocycles. The van der Waals surface area contributed by atoms with Crippen LogP contribution in [0.4, 0.5) is 0 Å². The molecule has 0 amide bonds. The summed E-state index contributed by atoms with van der Waals surface area (Å²) in [7, 11) is 0. The van der Waals surface area contributed by atoms with Gasteiger partial charge in [0.05, 0.1) is 0 Å². The van der Waals surface area contributed by atoms with Crippen molar-refractivity contribution in [1.82, 2.24) is 0 Å². The van der Waals surface area contributed by atoms with Crippen LogP contribution in [0.3, 0.4) is 0 Å².